The molecule has 4 aromatic carbocycles. The zero-order valence-electron chi connectivity index (χ0n) is 18.3. The molecule has 0 saturated carbocycles. The zero-order chi connectivity index (χ0) is 21.6. The molecule has 1 atom stereocenters. The van der Waals surface area contributed by atoms with E-state index in [9.17, 15) is 4.57 Å². The van der Waals surface area contributed by atoms with Crippen molar-refractivity contribution in [2.24, 2.45) is 5.92 Å². The van der Waals surface area contributed by atoms with E-state index >= 15 is 0 Å². The molecule has 0 radical (unpaired) electrons. The van der Waals surface area contributed by atoms with Crippen LogP contribution in [0.3, 0.4) is 0 Å². The molecule has 4 aromatic rings. The monoisotopic (exact) mass is 422 g/mol. The predicted octanol–water partition coefficient (Wildman–Crippen LogP) is 7.63. The van der Waals surface area contributed by atoms with Crippen LogP contribution in [0.25, 0.3) is 39.1 Å². The first-order chi connectivity index (χ1) is 14.9. The molecule has 1 aliphatic rings. The molecule has 0 fully saturated rings. The summed E-state index contributed by atoms with van der Waals surface area (Å²) < 4.78 is 12.5. The van der Waals surface area contributed by atoms with Crippen LogP contribution in [-0.2, 0) is 11.0 Å². The molecule has 0 N–H and O–H groups in total. The number of benzene rings is 4. The van der Waals surface area contributed by atoms with Crippen molar-refractivity contribution in [2.45, 2.75) is 13.3 Å². The third-order valence-electron chi connectivity index (χ3n) is 6.32. The van der Waals surface area contributed by atoms with Gasteiger partial charge in [-0.05, 0) is 69.8 Å². The van der Waals surface area contributed by atoms with Crippen molar-refractivity contribution in [1.29, 1.82) is 0 Å². The van der Waals surface area contributed by atoms with Crippen LogP contribution >= 0.6 is 7.14 Å². The molecule has 1 unspecified atom stereocenters. The molecule has 0 amide bonds. The lowest BCUT2D eigenvalue weighted by molar-refractivity contribution is 0.588. The molecule has 31 heavy (non-hydrogen) atoms. The largest absolute Gasteiger partial charge is 0.319 e. The average molecular weight is 423 g/mol. The minimum Gasteiger partial charge on any atom is -0.319 e. The van der Waals surface area contributed by atoms with E-state index < -0.39 is 7.14 Å². The second-order valence-corrected chi connectivity index (χ2v) is 12.2. The molecule has 2 heteroatoms. The Bertz CT molecular complexity index is 1340. The Morgan fingerprint density at radius 3 is 1.97 bits per heavy atom. The molecule has 0 heterocycles. The van der Waals surface area contributed by atoms with E-state index in [0.717, 1.165) is 11.7 Å². The molecule has 0 aromatic heterocycles. The molecular weight excluding hydrogens is 395 g/mol. The Morgan fingerprint density at radius 2 is 1.32 bits per heavy atom. The van der Waals surface area contributed by atoms with Gasteiger partial charge in [-0.15, -0.1) is 0 Å². The van der Waals surface area contributed by atoms with Gasteiger partial charge in [0.2, 0.25) is 0 Å². The third kappa shape index (κ3) is 3.58. The molecule has 1 nitrogen and oxygen atoms in total. The van der Waals surface area contributed by atoms with Crippen molar-refractivity contribution in [1.82, 2.24) is 0 Å². The molecule has 0 spiro atoms. The van der Waals surface area contributed by atoms with Gasteiger partial charge in [0, 0.05) is 5.30 Å². The predicted molar refractivity (Wildman–Crippen MR) is 136 cm³/mol. The van der Waals surface area contributed by atoms with Gasteiger partial charge in [0.1, 0.15) is 7.14 Å². The average Bonchev–Trinajstić information content (AvgIpc) is 2.77. The van der Waals surface area contributed by atoms with E-state index in [1.54, 1.807) is 0 Å². The van der Waals surface area contributed by atoms with E-state index in [-0.39, 0.29) is 0 Å². The first kappa shape index (κ1) is 20.0. The summed E-state index contributed by atoms with van der Waals surface area (Å²) in [6.45, 7) is 5.95. The lowest BCUT2D eigenvalue weighted by Crippen LogP contribution is -2.08. The third-order valence-corrected chi connectivity index (χ3v) is 7.86. The Kier molecular flexibility index (Phi) is 4.95. The van der Waals surface area contributed by atoms with Crippen LogP contribution in [0, 0.1) is 5.92 Å². The Morgan fingerprint density at radius 1 is 0.742 bits per heavy atom. The molecule has 5 rings (SSSR count). The highest BCUT2D eigenvalue weighted by Crippen LogP contribution is 2.45. The van der Waals surface area contributed by atoms with Gasteiger partial charge in [-0.25, -0.2) is 0 Å². The topological polar surface area (TPSA) is 17.1 Å². The van der Waals surface area contributed by atoms with Crippen LogP contribution in [0.15, 0.2) is 84.9 Å². The Hall–Kier alpha value is -2.89. The highest BCUT2D eigenvalue weighted by atomic mass is 31.2. The van der Waals surface area contributed by atoms with Crippen molar-refractivity contribution >= 4 is 29.3 Å². The smallest absolute Gasteiger partial charge is 0.109 e. The first-order valence-electron chi connectivity index (χ1n) is 10.9. The van der Waals surface area contributed by atoms with E-state index in [1.807, 2.05) is 25.5 Å². The van der Waals surface area contributed by atoms with Crippen molar-refractivity contribution < 1.29 is 4.57 Å². The fourth-order valence-electron chi connectivity index (χ4n) is 4.79. The summed E-state index contributed by atoms with van der Waals surface area (Å²) in [5, 5.41) is 3.50. The van der Waals surface area contributed by atoms with E-state index in [1.165, 1.54) is 44.2 Å². The summed E-state index contributed by atoms with van der Waals surface area (Å²) in [5.41, 5.74) is 7.84. The molecular formula is C29H27OP. The van der Waals surface area contributed by atoms with Crippen LogP contribution in [-0.4, -0.2) is 13.3 Å². The summed E-state index contributed by atoms with van der Waals surface area (Å²) in [6.07, 6.45) is 5.68. The van der Waals surface area contributed by atoms with Gasteiger partial charge in [-0.3, -0.25) is 0 Å². The fourth-order valence-corrected chi connectivity index (χ4v) is 5.66. The van der Waals surface area contributed by atoms with Crippen molar-refractivity contribution in [2.75, 3.05) is 13.3 Å². The van der Waals surface area contributed by atoms with Gasteiger partial charge in [0.05, 0.1) is 0 Å². The lowest BCUT2D eigenvalue weighted by Gasteiger charge is -2.26. The summed E-state index contributed by atoms with van der Waals surface area (Å²) in [7, 11) is -2.27. The Labute approximate surface area is 184 Å². The SMILES string of the molecule is CC1C=Cc2c(c(-c3ccc(P(C)(C)=O)cc3)c3ccccc3c2-c2ccccc2)C1. The highest BCUT2D eigenvalue weighted by molar-refractivity contribution is 7.70. The van der Waals surface area contributed by atoms with Crippen LogP contribution in [0.5, 0.6) is 0 Å². The van der Waals surface area contributed by atoms with Gasteiger partial charge in [0.25, 0.3) is 0 Å². The summed E-state index contributed by atoms with van der Waals surface area (Å²) in [6, 6.07) is 27.9. The maximum Gasteiger partial charge on any atom is 0.109 e. The number of rotatable bonds is 3. The van der Waals surface area contributed by atoms with Crippen LogP contribution in [0.4, 0.5) is 0 Å². The zero-order valence-corrected chi connectivity index (χ0v) is 19.2. The maximum atomic E-state index is 12.5. The maximum absolute atomic E-state index is 12.5. The first-order valence-corrected chi connectivity index (χ1v) is 13.5. The number of fused-ring (bicyclic) bond motifs is 2. The second kappa shape index (κ2) is 7.66. The van der Waals surface area contributed by atoms with E-state index in [0.29, 0.717) is 5.92 Å². The minimum atomic E-state index is -2.27. The van der Waals surface area contributed by atoms with Gasteiger partial charge in [-0.1, -0.05) is 97.9 Å². The second-order valence-electron chi connectivity index (χ2n) is 8.99. The molecule has 0 bridgehead atoms. The van der Waals surface area contributed by atoms with Crippen molar-refractivity contribution in [3.63, 3.8) is 0 Å². The van der Waals surface area contributed by atoms with Crippen LogP contribution in [0.1, 0.15) is 18.1 Å². The standard InChI is InChI=1S/C29H27OP/c1-20-13-18-26-27(19-20)29(22-14-16-23(17-15-22)31(2,3)30)25-12-8-7-11-24(25)28(26)21-9-5-4-6-10-21/h4-18,20H,19H2,1-3H3. The van der Waals surface area contributed by atoms with Gasteiger partial charge < -0.3 is 4.57 Å². The van der Waals surface area contributed by atoms with Gasteiger partial charge >= 0.3 is 0 Å². The van der Waals surface area contributed by atoms with E-state index in [4.69, 9.17) is 0 Å². The molecule has 1 aliphatic carbocycles. The van der Waals surface area contributed by atoms with E-state index in [2.05, 4.69) is 85.8 Å². The fraction of sp³-hybridized carbons (Fsp3) is 0.172. The molecule has 0 saturated heterocycles. The highest BCUT2D eigenvalue weighted by Gasteiger charge is 2.23. The minimum absolute atomic E-state index is 0.502. The van der Waals surface area contributed by atoms with Crippen LogP contribution < -0.4 is 5.30 Å². The van der Waals surface area contributed by atoms with Crippen molar-refractivity contribution in [3.05, 3.63) is 96.1 Å². The normalized spacial score (nSPS) is 15.8. The number of hydrogen-bond acceptors (Lipinski definition) is 1. The quantitative estimate of drug-likeness (QED) is 0.310. The van der Waals surface area contributed by atoms with Crippen molar-refractivity contribution in [3.8, 4) is 22.3 Å². The lowest BCUT2D eigenvalue weighted by atomic mass is 9.78. The summed E-state index contributed by atoms with van der Waals surface area (Å²) in [5.74, 6) is 0.502. The molecule has 154 valence electrons. The Balaban J connectivity index is 1.86. The molecule has 0 aliphatic heterocycles. The summed E-state index contributed by atoms with van der Waals surface area (Å²) in [4.78, 5) is 0. The van der Waals surface area contributed by atoms with Crippen LogP contribution in [0.2, 0.25) is 0 Å². The van der Waals surface area contributed by atoms with Gasteiger partial charge in [0.15, 0.2) is 0 Å². The summed E-state index contributed by atoms with van der Waals surface area (Å²) >= 11 is 0. The van der Waals surface area contributed by atoms with Gasteiger partial charge in [-0.2, -0.15) is 0 Å². The number of allylic oxidation sites excluding steroid dienone is 1. The number of hydrogen-bond donors (Lipinski definition) is 0.